The molecule has 1 fully saturated rings. The van der Waals surface area contributed by atoms with Gasteiger partial charge in [0.25, 0.3) is 0 Å². The fourth-order valence-corrected chi connectivity index (χ4v) is 8.45. The van der Waals surface area contributed by atoms with Crippen molar-refractivity contribution in [2.75, 3.05) is 33.4 Å². The zero-order chi connectivity index (χ0) is 40.0. The molecule has 0 aromatic carbocycles. The standard InChI is InChI=1S/C49H96N2O4/c1-6-10-14-24-32-44(30-12-8-3)42-54-48(52)36-28-22-18-16-20-26-34-46(50-47-38-40-51(5)41-39-47)35-27-21-17-19-23-29-37-49(53)55-43-45(31-13-9-4)33-25-15-11-7-2/h44-47,50H,6-43H2,1-5H3. The van der Waals surface area contributed by atoms with E-state index in [2.05, 4.69) is 45.0 Å². The first-order valence-corrected chi connectivity index (χ1v) is 24.7. The number of rotatable bonds is 40. The van der Waals surface area contributed by atoms with Crippen LogP contribution in [-0.2, 0) is 19.1 Å². The first kappa shape index (κ1) is 51.9. The van der Waals surface area contributed by atoms with Gasteiger partial charge in [-0.1, -0.05) is 169 Å². The maximum atomic E-state index is 12.4. The molecule has 326 valence electrons. The second-order valence-electron chi connectivity index (χ2n) is 17.8. The van der Waals surface area contributed by atoms with Crippen LogP contribution in [0.5, 0.6) is 0 Å². The Morgan fingerprint density at radius 3 is 1.25 bits per heavy atom. The van der Waals surface area contributed by atoms with Gasteiger partial charge in [-0.05, 0) is 96.2 Å². The Labute approximate surface area is 343 Å². The fraction of sp³-hybridized carbons (Fsp3) is 0.959. The van der Waals surface area contributed by atoms with Crippen LogP contribution in [0.3, 0.4) is 0 Å². The lowest BCUT2D eigenvalue weighted by Gasteiger charge is -2.33. The minimum atomic E-state index is 0.0208. The lowest BCUT2D eigenvalue weighted by molar-refractivity contribution is -0.146. The summed E-state index contributed by atoms with van der Waals surface area (Å²) in [6.07, 6.45) is 40.8. The molecule has 1 aliphatic rings. The van der Waals surface area contributed by atoms with Crippen molar-refractivity contribution in [3.05, 3.63) is 0 Å². The third-order valence-corrected chi connectivity index (χ3v) is 12.4. The van der Waals surface area contributed by atoms with Gasteiger partial charge in [0.05, 0.1) is 13.2 Å². The highest BCUT2D eigenvalue weighted by atomic mass is 16.5. The summed E-state index contributed by atoms with van der Waals surface area (Å²) in [4.78, 5) is 27.3. The number of hydrogen-bond acceptors (Lipinski definition) is 6. The Kier molecular flexibility index (Phi) is 36.2. The molecule has 0 spiro atoms. The van der Waals surface area contributed by atoms with E-state index >= 15 is 0 Å². The Morgan fingerprint density at radius 1 is 0.491 bits per heavy atom. The van der Waals surface area contributed by atoms with Crippen molar-refractivity contribution in [3.8, 4) is 0 Å². The van der Waals surface area contributed by atoms with E-state index in [1.165, 1.54) is 193 Å². The summed E-state index contributed by atoms with van der Waals surface area (Å²) in [5.41, 5.74) is 0. The van der Waals surface area contributed by atoms with Crippen molar-refractivity contribution in [2.45, 2.75) is 258 Å². The van der Waals surface area contributed by atoms with E-state index in [0.29, 0.717) is 50.0 Å². The molecule has 1 N–H and O–H groups in total. The third kappa shape index (κ3) is 32.5. The topological polar surface area (TPSA) is 67.9 Å². The van der Waals surface area contributed by atoms with Gasteiger partial charge in [0.2, 0.25) is 0 Å². The van der Waals surface area contributed by atoms with Crippen LogP contribution in [0.15, 0.2) is 0 Å². The van der Waals surface area contributed by atoms with Gasteiger partial charge in [0.1, 0.15) is 0 Å². The lowest BCUT2D eigenvalue weighted by atomic mass is 9.96. The first-order valence-electron chi connectivity index (χ1n) is 24.7. The molecule has 2 unspecified atom stereocenters. The van der Waals surface area contributed by atoms with Crippen molar-refractivity contribution in [2.24, 2.45) is 11.8 Å². The van der Waals surface area contributed by atoms with Gasteiger partial charge in [-0.2, -0.15) is 0 Å². The summed E-state index contributed by atoms with van der Waals surface area (Å²) in [5, 5.41) is 4.09. The second kappa shape index (κ2) is 38.4. The molecule has 6 nitrogen and oxygen atoms in total. The highest BCUT2D eigenvalue weighted by Crippen LogP contribution is 2.21. The van der Waals surface area contributed by atoms with E-state index < -0.39 is 0 Å². The molecular weight excluding hydrogens is 681 g/mol. The first-order chi connectivity index (χ1) is 26.9. The predicted molar refractivity (Wildman–Crippen MR) is 237 cm³/mol. The number of nitrogens with zero attached hydrogens (tertiary/aromatic N) is 1. The van der Waals surface area contributed by atoms with Crippen molar-refractivity contribution in [3.63, 3.8) is 0 Å². The van der Waals surface area contributed by atoms with Crippen LogP contribution in [-0.4, -0.2) is 62.3 Å². The molecular formula is C49H96N2O4. The van der Waals surface area contributed by atoms with Crippen LogP contribution in [0.1, 0.15) is 246 Å². The maximum Gasteiger partial charge on any atom is 0.305 e. The van der Waals surface area contributed by atoms with Gasteiger partial charge in [-0.15, -0.1) is 0 Å². The molecule has 1 saturated heterocycles. The van der Waals surface area contributed by atoms with Crippen LogP contribution in [0, 0.1) is 11.8 Å². The molecule has 0 amide bonds. The smallest absolute Gasteiger partial charge is 0.305 e. The summed E-state index contributed by atoms with van der Waals surface area (Å²) < 4.78 is 11.5. The SMILES string of the molecule is CCCCCCC(CCCC)COC(=O)CCCCCCCCC(CCCCCCCCC(=O)OCC(CCCC)CCCCCC)NC1CCN(C)CC1. The molecule has 6 heteroatoms. The number of carbonyl (C=O) groups is 2. The summed E-state index contributed by atoms with van der Waals surface area (Å²) >= 11 is 0. The Balaban J connectivity index is 2.22. The summed E-state index contributed by atoms with van der Waals surface area (Å²) in [7, 11) is 2.25. The van der Waals surface area contributed by atoms with Gasteiger partial charge in [-0.25, -0.2) is 0 Å². The van der Waals surface area contributed by atoms with E-state index in [1.54, 1.807) is 0 Å². The average molecular weight is 777 g/mol. The van der Waals surface area contributed by atoms with Crippen molar-refractivity contribution >= 4 is 11.9 Å². The van der Waals surface area contributed by atoms with Crippen LogP contribution in [0.4, 0.5) is 0 Å². The lowest BCUT2D eigenvalue weighted by Crippen LogP contribution is -2.45. The molecule has 55 heavy (non-hydrogen) atoms. The molecule has 1 heterocycles. The van der Waals surface area contributed by atoms with Gasteiger partial charge in [-0.3, -0.25) is 9.59 Å². The van der Waals surface area contributed by atoms with Gasteiger partial charge >= 0.3 is 11.9 Å². The predicted octanol–water partition coefficient (Wildman–Crippen LogP) is 13.9. The molecule has 0 saturated carbocycles. The Hall–Kier alpha value is -1.14. The second-order valence-corrected chi connectivity index (χ2v) is 17.8. The molecule has 0 bridgehead atoms. The third-order valence-electron chi connectivity index (χ3n) is 12.4. The number of carbonyl (C=O) groups excluding carboxylic acids is 2. The van der Waals surface area contributed by atoms with E-state index in [-0.39, 0.29) is 11.9 Å². The van der Waals surface area contributed by atoms with E-state index in [1.807, 2.05) is 0 Å². The van der Waals surface area contributed by atoms with Crippen LogP contribution >= 0.6 is 0 Å². The molecule has 1 rings (SSSR count). The quantitative estimate of drug-likeness (QED) is 0.0494. The number of piperidine rings is 1. The average Bonchev–Trinajstić information content (AvgIpc) is 3.19. The normalized spacial score (nSPS) is 15.6. The maximum absolute atomic E-state index is 12.4. The number of ether oxygens (including phenoxy) is 2. The van der Waals surface area contributed by atoms with E-state index in [9.17, 15) is 9.59 Å². The number of unbranched alkanes of at least 4 members (excludes halogenated alkanes) is 18. The largest absolute Gasteiger partial charge is 0.465 e. The van der Waals surface area contributed by atoms with Gasteiger partial charge in [0.15, 0.2) is 0 Å². The number of esters is 2. The number of hydrogen-bond donors (Lipinski definition) is 1. The van der Waals surface area contributed by atoms with E-state index in [4.69, 9.17) is 9.47 Å². The number of nitrogens with one attached hydrogen (secondary N) is 1. The van der Waals surface area contributed by atoms with Crippen LogP contribution < -0.4 is 5.32 Å². The molecule has 1 aliphatic heterocycles. The molecule has 2 atom stereocenters. The van der Waals surface area contributed by atoms with Crippen molar-refractivity contribution < 1.29 is 19.1 Å². The highest BCUT2D eigenvalue weighted by Gasteiger charge is 2.20. The zero-order valence-electron chi connectivity index (χ0n) is 37.8. The van der Waals surface area contributed by atoms with Crippen molar-refractivity contribution in [1.29, 1.82) is 0 Å². The zero-order valence-corrected chi connectivity index (χ0v) is 37.8. The Morgan fingerprint density at radius 2 is 0.836 bits per heavy atom. The van der Waals surface area contributed by atoms with Gasteiger partial charge < -0.3 is 19.7 Å². The van der Waals surface area contributed by atoms with Crippen molar-refractivity contribution in [1.82, 2.24) is 10.2 Å². The highest BCUT2D eigenvalue weighted by molar-refractivity contribution is 5.69. The minimum absolute atomic E-state index is 0.0208. The molecule has 0 radical (unpaired) electrons. The molecule has 0 aromatic heterocycles. The fourth-order valence-electron chi connectivity index (χ4n) is 8.45. The van der Waals surface area contributed by atoms with Crippen LogP contribution in [0.25, 0.3) is 0 Å². The summed E-state index contributed by atoms with van der Waals surface area (Å²) in [6, 6.07) is 1.31. The summed E-state index contributed by atoms with van der Waals surface area (Å²) in [6.45, 7) is 12.7. The Bertz CT molecular complexity index is 789. The van der Waals surface area contributed by atoms with Crippen LogP contribution in [0.2, 0.25) is 0 Å². The monoisotopic (exact) mass is 777 g/mol. The van der Waals surface area contributed by atoms with Gasteiger partial charge in [0, 0.05) is 24.9 Å². The summed E-state index contributed by atoms with van der Waals surface area (Å²) in [5.74, 6) is 1.14. The molecule has 0 aliphatic carbocycles. The number of likely N-dealkylation sites (tertiary alicyclic amines) is 1. The van der Waals surface area contributed by atoms with E-state index in [0.717, 1.165) is 25.7 Å². The molecule has 0 aromatic rings. The minimum Gasteiger partial charge on any atom is -0.465 e.